The molecule has 0 N–H and O–H groups in total. The van der Waals surface area contributed by atoms with E-state index in [0.717, 1.165) is 13.1 Å². The van der Waals surface area contributed by atoms with Crippen molar-refractivity contribution in [2.24, 2.45) is 0 Å². The number of rotatable bonds is 5. The van der Waals surface area contributed by atoms with Crippen LogP contribution in [0.5, 0.6) is 0 Å². The summed E-state index contributed by atoms with van der Waals surface area (Å²) in [4.78, 5) is 11.4. The van der Waals surface area contributed by atoms with Gasteiger partial charge in [0.05, 0.1) is 0 Å². The van der Waals surface area contributed by atoms with Crippen molar-refractivity contribution < 1.29 is 9.78 Å². The molecule has 0 aromatic heterocycles. The Morgan fingerprint density at radius 1 is 1.46 bits per heavy atom. The first-order valence-corrected chi connectivity index (χ1v) is 4.82. The van der Waals surface area contributed by atoms with Crippen molar-refractivity contribution in [1.82, 2.24) is 4.90 Å². The number of halogens is 1. The molecule has 0 spiro atoms. The Labute approximate surface area is 89.2 Å². The van der Waals surface area contributed by atoms with Gasteiger partial charge in [0, 0.05) is 18.1 Å². The Morgan fingerprint density at radius 2 is 2.00 bits per heavy atom. The third-order valence-electron chi connectivity index (χ3n) is 1.37. The molecule has 0 radical (unpaired) electrons. The molecule has 13 heavy (non-hydrogen) atoms. The molecule has 0 aliphatic heterocycles. The minimum Gasteiger partial charge on any atom is -0.331 e. The van der Waals surface area contributed by atoms with E-state index >= 15 is 0 Å². The van der Waals surface area contributed by atoms with E-state index in [0.29, 0.717) is 10.2 Å². The molecule has 0 amide bonds. The summed E-state index contributed by atoms with van der Waals surface area (Å²) in [5, 5.41) is 0.699. The van der Waals surface area contributed by atoms with Crippen molar-refractivity contribution in [2.45, 2.75) is 13.8 Å². The summed E-state index contributed by atoms with van der Waals surface area (Å²) >= 11 is 10.4. The molecular formula is C8H14ClNO2S. The molecule has 0 saturated carbocycles. The molecule has 5 heteroatoms. The van der Waals surface area contributed by atoms with Crippen molar-refractivity contribution in [3.8, 4) is 0 Å². The van der Waals surface area contributed by atoms with Gasteiger partial charge in [-0.3, -0.25) is 0 Å². The van der Waals surface area contributed by atoms with Crippen molar-refractivity contribution in [2.75, 3.05) is 19.7 Å². The van der Waals surface area contributed by atoms with Gasteiger partial charge >= 0.3 is 0 Å². The van der Waals surface area contributed by atoms with E-state index in [2.05, 4.69) is 6.58 Å². The third kappa shape index (κ3) is 5.85. The van der Waals surface area contributed by atoms with Crippen LogP contribution in [0.2, 0.25) is 0 Å². The van der Waals surface area contributed by atoms with Gasteiger partial charge in [0.25, 0.3) is 5.17 Å². The number of thiocarbonyl (C=S) groups is 1. The van der Waals surface area contributed by atoms with E-state index in [9.17, 15) is 0 Å². The molecule has 3 nitrogen and oxygen atoms in total. The Balaban J connectivity index is 3.66. The van der Waals surface area contributed by atoms with Gasteiger partial charge in [-0.05, 0) is 26.1 Å². The fourth-order valence-corrected chi connectivity index (χ4v) is 1.03. The largest absolute Gasteiger partial charge is 0.331 e. The lowest BCUT2D eigenvalue weighted by atomic mass is 10.6. The van der Waals surface area contributed by atoms with Crippen LogP contribution >= 0.6 is 23.8 Å². The summed E-state index contributed by atoms with van der Waals surface area (Å²) in [6, 6.07) is 0. The van der Waals surface area contributed by atoms with Crippen LogP contribution in [0.4, 0.5) is 0 Å². The number of nitrogens with zero attached hydrogens (tertiary/aromatic N) is 1. The van der Waals surface area contributed by atoms with Gasteiger partial charge in [-0.25, -0.2) is 0 Å². The molecule has 0 heterocycles. The first kappa shape index (κ1) is 12.7. The molecule has 0 aromatic carbocycles. The van der Waals surface area contributed by atoms with Crippen LogP contribution in [0.3, 0.4) is 0 Å². The van der Waals surface area contributed by atoms with Gasteiger partial charge in [-0.2, -0.15) is 4.89 Å². The SMILES string of the molecule is C=C(Cl)COOC(=S)N(CC)CC. The first-order chi connectivity index (χ1) is 6.11. The molecule has 0 atom stereocenters. The molecule has 0 rings (SSSR count). The highest BCUT2D eigenvalue weighted by Gasteiger charge is 2.06. The van der Waals surface area contributed by atoms with Gasteiger partial charge in [0.2, 0.25) is 0 Å². The standard InChI is InChI=1S/C8H14ClNO2S/c1-4-10(5-2)8(13)12-11-6-7(3)9/h3-6H2,1-2H3. The van der Waals surface area contributed by atoms with Crippen LogP contribution in [0.25, 0.3) is 0 Å². The Bertz CT molecular complexity index is 183. The zero-order chi connectivity index (χ0) is 10.3. The minimum atomic E-state index is 0.142. The molecule has 0 bridgehead atoms. The summed E-state index contributed by atoms with van der Waals surface area (Å²) in [6.07, 6.45) is 0. The third-order valence-corrected chi connectivity index (χ3v) is 1.80. The van der Waals surface area contributed by atoms with Gasteiger partial charge in [-0.15, -0.1) is 0 Å². The lowest BCUT2D eigenvalue weighted by molar-refractivity contribution is -0.218. The van der Waals surface area contributed by atoms with Gasteiger partial charge < -0.3 is 9.79 Å². The van der Waals surface area contributed by atoms with E-state index in [1.165, 1.54) is 0 Å². The highest BCUT2D eigenvalue weighted by molar-refractivity contribution is 7.79. The smallest absolute Gasteiger partial charge is 0.299 e. The maximum absolute atomic E-state index is 5.45. The highest BCUT2D eigenvalue weighted by atomic mass is 35.5. The summed E-state index contributed by atoms with van der Waals surface area (Å²) < 4.78 is 0. The van der Waals surface area contributed by atoms with E-state index < -0.39 is 0 Å². The van der Waals surface area contributed by atoms with Crippen LogP contribution in [0, 0.1) is 0 Å². The van der Waals surface area contributed by atoms with Crippen molar-refractivity contribution >= 4 is 29.0 Å². The molecule has 0 aliphatic rings. The van der Waals surface area contributed by atoms with Gasteiger partial charge in [0.15, 0.2) is 0 Å². The van der Waals surface area contributed by atoms with Crippen LogP contribution < -0.4 is 0 Å². The van der Waals surface area contributed by atoms with Crippen molar-refractivity contribution in [3.63, 3.8) is 0 Å². The fraction of sp³-hybridized carbons (Fsp3) is 0.625. The average molecular weight is 224 g/mol. The molecule has 0 unspecified atom stereocenters. The molecule has 76 valence electrons. The predicted octanol–water partition coefficient (Wildman–Crippen LogP) is 2.31. The maximum atomic E-state index is 5.45. The average Bonchev–Trinajstić information content (AvgIpc) is 2.05. The second-order valence-corrected chi connectivity index (χ2v) is 3.18. The van der Waals surface area contributed by atoms with Crippen molar-refractivity contribution in [1.29, 1.82) is 0 Å². The molecule has 0 saturated heterocycles. The summed E-state index contributed by atoms with van der Waals surface area (Å²) in [7, 11) is 0. The second kappa shape index (κ2) is 7.12. The fourth-order valence-electron chi connectivity index (χ4n) is 0.678. The zero-order valence-corrected chi connectivity index (χ0v) is 9.45. The maximum Gasteiger partial charge on any atom is 0.299 e. The van der Waals surface area contributed by atoms with Gasteiger partial charge in [0.1, 0.15) is 6.61 Å². The lowest BCUT2D eigenvalue weighted by Gasteiger charge is -2.19. The molecule has 0 aromatic rings. The predicted molar refractivity (Wildman–Crippen MR) is 57.5 cm³/mol. The van der Waals surface area contributed by atoms with E-state index in [4.69, 9.17) is 33.6 Å². The van der Waals surface area contributed by atoms with Crippen molar-refractivity contribution in [3.05, 3.63) is 11.6 Å². The van der Waals surface area contributed by atoms with Crippen LogP contribution in [-0.2, 0) is 9.78 Å². The Hall–Kier alpha value is -0.320. The van der Waals surface area contributed by atoms with E-state index in [1.807, 2.05) is 18.7 Å². The van der Waals surface area contributed by atoms with Crippen LogP contribution in [0.1, 0.15) is 13.8 Å². The Kier molecular flexibility index (Phi) is 6.94. The minimum absolute atomic E-state index is 0.142. The van der Waals surface area contributed by atoms with E-state index in [-0.39, 0.29) is 6.61 Å². The van der Waals surface area contributed by atoms with E-state index in [1.54, 1.807) is 0 Å². The Morgan fingerprint density at radius 3 is 2.38 bits per heavy atom. The van der Waals surface area contributed by atoms with Gasteiger partial charge in [-0.1, -0.05) is 18.2 Å². The summed E-state index contributed by atoms with van der Waals surface area (Å²) in [5.74, 6) is 0. The monoisotopic (exact) mass is 223 g/mol. The molecule has 0 fully saturated rings. The zero-order valence-electron chi connectivity index (χ0n) is 7.88. The second-order valence-electron chi connectivity index (χ2n) is 2.30. The molecular weight excluding hydrogens is 210 g/mol. The molecule has 0 aliphatic carbocycles. The lowest BCUT2D eigenvalue weighted by Crippen LogP contribution is -2.30. The normalized spacial score (nSPS) is 9.46. The highest BCUT2D eigenvalue weighted by Crippen LogP contribution is 2.00. The summed E-state index contributed by atoms with van der Waals surface area (Å²) in [6.45, 7) is 9.14. The van der Waals surface area contributed by atoms with Crippen LogP contribution in [-0.4, -0.2) is 29.8 Å². The number of hydrogen-bond acceptors (Lipinski definition) is 3. The quantitative estimate of drug-likeness (QED) is 0.405. The van der Waals surface area contributed by atoms with Crippen LogP contribution in [0.15, 0.2) is 11.6 Å². The topological polar surface area (TPSA) is 21.7 Å². The summed E-state index contributed by atoms with van der Waals surface area (Å²) in [5.41, 5.74) is 0. The first-order valence-electron chi connectivity index (χ1n) is 4.03. The number of hydrogen-bond donors (Lipinski definition) is 0.